The SMILES string of the molecule is C[C@@H]1c2ncnn2CCN1C(=O)CNC(=O)/C=C/c1ccc(C(F)(F)F)cc1. The van der Waals surface area contributed by atoms with Gasteiger partial charge in [0.2, 0.25) is 11.8 Å². The molecule has 1 aromatic heterocycles. The lowest BCUT2D eigenvalue weighted by atomic mass is 10.1. The second kappa shape index (κ2) is 7.83. The average molecular weight is 393 g/mol. The van der Waals surface area contributed by atoms with Crippen LogP contribution in [0.2, 0.25) is 0 Å². The van der Waals surface area contributed by atoms with Gasteiger partial charge < -0.3 is 10.2 Å². The van der Waals surface area contributed by atoms with Crippen LogP contribution in [0.15, 0.2) is 36.7 Å². The molecule has 3 rings (SSSR count). The van der Waals surface area contributed by atoms with Crippen molar-refractivity contribution in [3.63, 3.8) is 0 Å². The zero-order chi connectivity index (χ0) is 20.3. The van der Waals surface area contributed by atoms with Gasteiger partial charge in [0.15, 0.2) is 0 Å². The van der Waals surface area contributed by atoms with E-state index in [2.05, 4.69) is 15.4 Å². The minimum atomic E-state index is -4.40. The number of rotatable bonds is 4. The van der Waals surface area contributed by atoms with Gasteiger partial charge in [-0.05, 0) is 30.7 Å². The Hall–Kier alpha value is -3.17. The summed E-state index contributed by atoms with van der Waals surface area (Å²) in [4.78, 5) is 30.0. The normalized spacial score (nSPS) is 16.9. The molecule has 1 atom stereocenters. The number of halogens is 3. The molecule has 0 unspecified atom stereocenters. The van der Waals surface area contributed by atoms with Gasteiger partial charge in [-0.3, -0.25) is 9.59 Å². The fraction of sp³-hybridized carbons (Fsp3) is 0.333. The van der Waals surface area contributed by atoms with Gasteiger partial charge in [0.25, 0.3) is 0 Å². The van der Waals surface area contributed by atoms with E-state index in [1.807, 2.05) is 6.92 Å². The highest BCUT2D eigenvalue weighted by Crippen LogP contribution is 2.29. The van der Waals surface area contributed by atoms with E-state index in [1.165, 1.54) is 30.6 Å². The van der Waals surface area contributed by atoms with Crippen molar-refractivity contribution in [1.29, 1.82) is 0 Å². The number of hydrogen-bond acceptors (Lipinski definition) is 4. The van der Waals surface area contributed by atoms with Crippen molar-refractivity contribution >= 4 is 17.9 Å². The van der Waals surface area contributed by atoms with Gasteiger partial charge in [0.1, 0.15) is 12.2 Å². The quantitative estimate of drug-likeness (QED) is 0.807. The average Bonchev–Trinajstić information content (AvgIpc) is 3.14. The van der Waals surface area contributed by atoms with Crippen LogP contribution in [0.25, 0.3) is 6.08 Å². The van der Waals surface area contributed by atoms with Crippen LogP contribution in [0, 0.1) is 0 Å². The molecule has 10 heteroatoms. The van der Waals surface area contributed by atoms with Crippen LogP contribution in [-0.4, -0.2) is 44.6 Å². The first-order valence-corrected chi connectivity index (χ1v) is 8.56. The van der Waals surface area contributed by atoms with Crippen molar-refractivity contribution in [2.24, 2.45) is 0 Å². The summed E-state index contributed by atoms with van der Waals surface area (Å²) in [6, 6.07) is 4.17. The molecule has 0 saturated heterocycles. The molecule has 0 aliphatic carbocycles. The maximum atomic E-state index is 12.5. The Bertz CT molecular complexity index is 889. The second-order valence-electron chi connectivity index (χ2n) is 6.28. The Labute approximate surface area is 158 Å². The molecule has 1 aliphatic heterocycles. The van der Waals surface area contributed by atoms with Gasteiger partial charge in [-0.1, -0.05) is 12.1 Å². The minimum absolute atomic E-state index is 0.186. The van der Waals surface area contributed by atoms with Crippen LogP contribution in [0.4, 0.5) is 13.2 Å². The first-order valence-electron chi connectivity index (χ1n) is 8.56. The van der Waals surface area contributed by atoms with E-state index >= 15 is 0 Å². The molecule has 2 heterocycles. The molecule has 2 aromatic rings. The van der Waals surface area contributed by atoms with Crippen molar-refractivity contribution in [3.05, 3.63) is 53.6 Å². The molecule has 1 N–H and O–H groups in total. The number of nitrogens with zero attached hydrogens (tertiary/aromatic N) is 4. The number of hydrogen-bond donors (Lipinski definition) is 1. The summed E-state index contributed by atoms with van der Waals surface area (Å²) in [5, 5.41) is 6.56. The molecule has 2 amide bonds. The Morgan fingerprint density at radius 3 is 2.64 bits per heavy atom. The predicted octanol–water partition coefficient (Wildman–Crippen LogP) is 2.03. The van der Waals surface area contributed by atoms with E-state index in [1.54, 1.807) is 9.58 Å². The number of aromatic nitrogens is 3. The summed E-state index contributed by atoms with van der Waals surface area (Å²) in [6.45, 7) is 2.65. The number of fused-ring (bicyclic) bond motifs is 1. The number of carbonyl (C=O) groups excluding carboxylic acids is 2. The van der Waals surface area contributed by atoms with Crippen molar-refractivity contribution in [2.75, 3.05) is 13.1 Å². The van der Waals surface area contributed by atoms with Gasteiger partial charge in [-0.2, -0.15) is 18.3 Å². The second-order valence-corrected chi connectivity index (χ2v) is 6.28. The zero-order valence-corrected chi connectivity index (χ0v) is 15.0. The monoisotopic (exact) mass is 393 g/mol. The highest BCUT2D eigenvalue weighted by molar-refractivity contribution is 5.94. The summed E-state index contributed by atoms with van der Waals surface area (Å²) in [7, 11) is 0. The Balaban J connectivity index is 1.51. The highest BCUT2D eigenvalue weighted by atomic mass is 19.4. The molecular weight excluding hydrogens is 375 g/mol. The molecule has 148 valence electrons. The molecule has 1 aliphatic rings. The standard InChI is InChI=1S/C18H18F3N5O2/c1-12-17-23-11-24-26(17)9-8-25(12)16(28)10-22-15(27)7-4-13-2-5-14(6-3-13)18(19,20)21/h2-7,11-12H,8-10H2,1H3,(H,22,27)/b7-4+/t12-/m1/s1. The van der Waals surface area contributed by atoms with Crippen LogP contribution in [-0.2, 0) is 22.3 Å². The molecule has 0 saturated carbocycles. The van der Waals surface area contributed by atoms with Crippen molar-refractivity contribution < 1.29 is 22.8 Å². The minimum Gasteiger partial charge on any atom is -0.343 e. The van der Waals surface area contributed by atoms with Crippen LogP contribution in [0.1, 0.15) is 29.9 Å². The van der Waals surface area contributed by atoms with Gasteiger partial charge in [0.05, 0.1) is 24.7 Å². The third kappa shape index (κ3) is 4.38. The largest absolute Gasteiger partial charge is 0.416 e. The molecule has 7 nitrogen and oxygen atoms in total. The van der Waals surface area contributed by atoms with Crippen LogP contribution in [0.3, 0.4) is 0 Å². The Morgan fingerprint density at radius 1 is 1.25 bits per heavy atom. The van der Waals surface area contributed by atoms with Crippen molar-refractivity contribution in [3.8, 4) is 0 Å². The number of carbonyl (C=O) groups is 2. The summed E-state index contributed by atoms with van der Waals surface area (Å²) >= 11 is 0. The van der Waals surface area contributed by atoms with Gasteiger partial charge in [-0.15, -0.1) is 0 Å². The van der Waals surface area contributed by atoms with Gasteiger partial charge in [0, 0.05) is 12.6 Å². The Morgan fingerprint density at radius 2 is 1.96 bits per heavy atom. The summed E-state index contributed by atoms with van der Waals surface area (Å²) in [5.41, 5.74) is -0.315. The molecule has 0 bridgehead atoms. The molecular formula is C18H18F3N5O2. The van der Waals surface area contributed by atoms with E-state index in [4.69, 9.17) is 0 Å². The maximum absolute atomic E-state index is 12.5. The summed E-state index contributed by atoms with van der Waals surface area (Å²) < 4.78 is 39.3. The third-order valence-electron chi connectivity index (χ3n) is 4.44. The lowest BCUT2D eigenvalue weighted by Gasteiger charge is -2.32. The van der Waals surface area contributed by atoms with Crippen LogP contribution in [0.5, 0.6) is 0 Å². The van der Waals surface area contributed by atoms with E-state index < -0.39 is 17.6 Å². The molecule has 0 radical (unpaired) electrons. The van der Waals surface area contributed by atoms with Crippen molar-refractivity contribution in [2.45, 2.75) is 25.7 Å². The van der Waals surface area contributed by atoms with Gasteiger partial charge >= 0.3 is 6.18 Å². The zero-order valence-electron chi connectivity index (χ0n) is 15.0. The smallest absolute Gasteiger partial charge is 0.343 e. The predicted molar refractivity (Wildman–Crippen MR) is 93.6 cm³/mol. The van der Waals surface area contributed by atoms with E-state index in [0.29, 0.717) is 24.5 Å². The van der Waals surface area contributed by atoms with E-state index in [9.17, 15) is 22.8 Å². The number of benzene rings is 1. The van der Waals surface area contributed by atoms with Crippen LogP contribution < -0.4 is 5.32 Å². The van der Waals surface area contributed by atoms with E-state index in [0.717, 1.165) is 12.1 Å². The summed E-state index contributed by atoms with van der Waals surface area (Å²) in [6.07, 6.45) is -0.412. The third-order valence-corrected chi connectivity index (χ3v) is 4.44. The first-order chi connectivity index (χ1) is 13.3. The lowest BCUT2D eigenvalue weighted by Crippen LogP contribution is -2.45. The van der Waals surface area contributed by atoms with E-state index in [-0.39, 0.29) is 18.5 Å². The lowest BCUT2D eigenvalue weighted by molar-refractivity contribution is -0.137. The molecule has 0 spiro atoms. The summed E-state index contributed by atoms with van der Waals surface area (Å²) in [5.74, 6) is -0.0766. The molecule has 1 aromatic carbocycles. The number of nitrogens with one attached hydrogen (secondary N) is 1. The molecule has 28 heavy (non-hydrogen) atoms. The maximum Gasteiger partial charge on any atom is 0.416 e. The van der Waals surface area contributed by atoms with Crippen LogP contribution >= 0.6 is 0 Å². The fourth-order valence-electron chi connectivity index (χ4n) is 2.92. The number of alkyl halides is 3. The fourth-order valence-corrected chi connectivity index (χ4v) is 2.92. The first kappa shape index (κ1) is 19.6. The molecule has 0 fully saturated rings. The Kier molecular flexibility index (Phi) is 5.48. The topological polar surface area (TPSA) is 80.1 Å². The number of amides is 2. The van der Waals surface area contributed by atoms with Gasteiger partial charge in [-0.25, -0.2) is 9.67 Å². The highest BCUT2D eigenvalue weighted by Gasteiger charge is 2.30. The van der Waals surface area contributed by atoms with Crippen molar-refractivity contribution in [1.82, 2.24) is 25.0 Å².